The Morgan fingerprint density at radius 2 is 1.89 bits per heavy atom. The highest BCUT2D eigenvalue weighted by Gasteiger charge is 2.28. The summed E-state index contributed by atoms with van der Waals surface area (Å²) in [5.41, 5.74) is 0.488. The quantitative estimate of drug-likeness (QED) is 0.622. The lowest BCUT2D eigenvalue weighted by atomic mass is 10.3. The number of halogens is 3. The number of anilines is 1. The molecule has 3 rings (SSSR count). The van der Waals surface area contributed by atoms with Crippen LogP contribution in [0.2, 0.25) is 0 Å². The van der Waals surface area contributed by atoms with Crippen LogP contribution in [0, 0.1) is 0 Å². The van der Waals surface area contributed by atoms with Gasteiger partial charge < -0.3 is 0 Å². The second kappa shape index (κ2) is 7.56. The number of hydrogen-bond donors (Lipinski definition) is 1. The topological polar surface area (TPSA) is 89.8 Å². The van der Waals surface area contributed by atoms with E-state index in [-0.39, 0.29) is 15.5 Å². The number of rotatable bonds is 6. The van der Waals surface area contributed by atoms with Crippen LogP contribution < -0.4 is 4.72 Å². The van der Waals surface area contributed by atoms with Crippen molar-refractivity contribution < 1.29 is 21.6 Å². The molecule has 7 nitrogen and oxygen atoms in total. The number of benzene rings is 2. The Bertz CT molecular complexity index is 1020. The highest BCUT2D eigenvalue weighted by atomic mass is 32.2. The fourth-order valence-electron chi connectivity index (χ4n) is 2.11. The second-order valence-corrected chi connectivity index (χ2v) is 7.96. The van der Waals surface area contributed by atoms with Gasteiger partial charge in [-0.15, -0.1) is 16.9 Å². The Kier molecular flexibility index (Phi) is 5.37. The van der Waals surface area contributed by atoms with Gasteiger partial charge in [-0.1, -0.05) is 18.2 Å². The van der Waals surface area contributed by atoms with E-state index in [4.69, 9.17) is 0 Å². The number of hydrogen-bond acceptors (Lipinski definition) is 6. The van der Waals surface area contributed by atoms with Crippen molar-refractivity contribution in [3.05, 3.63) is 54.9 Å². The smallest absolute Gasteiger partial charge is 0.278 e. The van der Waals surface area contributed by atoms with E-state index in [0.717, 1.165) is 0 Å². The molecule has 1 heterocycles. The number of sulfonamides is 1. The first-order valence-electron chi connectivity index (χ1n) is 7.39. The molecular formula is C15H12F3N5O2S2. The van der Waals surface area contributed by atoms with Crippen molar-refractivity contribution in [2.75, 3.05) is 10.5 Å². The van der Waals surface area contributed by atoms with Crippen molar-refractivity contribution in [1.29, 1.82) is 0 Å². The predicted octanol–water partition coefficient (Wildman–Crippen LogP) is 3.12. The van der Waals surface area contributed by atoms with Crippen LogP contribution in [-0.2, 0) is 10.0 Å². The standard InChI is InChI=1S/C15H12F3N5O2S2/c16-15(17,18)9-26-14-7-2-1-6-13(14)20-27(24,25)12-5-3-4-11(8-12)23-10-19-21-22-23/h1-8,10,20H,9H2. The Morgan fingerprint density at radius 3 is 2.59 bits per heavy atom. The molecule has 0 fully saturated rings. The predicted molar refractivity (Wildman–Crippen MR) is 93.2 cm³/mol. The Labute approximate surface area is 156 Å². The Hall–Kier alpha value is -2.60. The fraction of sp³-hybridized carbons (Fsp3) is 0.133. The SMILES string of the molecule is O=S(=O)(Nc1ccccc1SCC(F)(F)F)c1cccc(-n2cnnn2)c1. The summed E-state index contributed by atoms with van der Waals surface area (Å²) < 4.78 is 66.4. The van der Waals surface area contributed by atoms with Crippen molar-refractivity contribution in [2.24, 2.45) is 0 Å². The van der Waals surface area contributed by atoms with Gasteiger partial charge in [0, 0.05) is 4.90 Å². The van der Waals surface area contributed by atoms with E-state index in [2.05, 4.69) is 20.2 Å². The zero-order valence-electron chi connectivity index (χ0n) is 13.5. The molecule has 1 N–H and O–H groups in total. The van der Waals surface area contributed by atoms with Gasteiger partial charge in [0.2, 0.25) is 0 Å². The van der Waals surface area contributed by atoms with Crippen molar-refractivity contribution in [3.63, 3.8) is 0 Å². The van der Waals surface area contributed by atoms with Gasteiger partial charge in [-0.2, -0.15) is 13.2 Å². The summed E-state index contributed by atoms with van der Waals surface area (Å²) in [6.45, 7) is 0. The summed E-state index contributed by atoms with van der Waals surface area (Å²) in [5.74, 6) is -1.12. The third kappa shape index (κ3) is 4.98. The van der Waals surface area contributed by atoms with Crippen molar-refractivity contribution >= 4 is 27.5 Å². The van der Waals surface area contributed by atoms with E-state index in [0.29, 0.717) is 17.4 Å². The molecule has 142 valence electrons. The summed E-state index contributed by atoms with van der Waals surface area (Å²) in [5, 5.41) is 10.7. The largest absolute Gasteiger partial charge is 0.398 e. The van der Waals surface area contributed by atoms with Crippen LogP contribution in [0.3, 0.4) is 0 Å². The van der Waals surface area contributed by atoms with E-state index in [1.807, 2.05) is 0 Å². The van der Waals surface area contributed by atoms with Gasteiger partial charge in [0.05, 0.1) is 22.0 Å². The maximum absolute atomic E-state index is 12.7. The van der Waals surface area contributed by atoms with Gasteiger partial charge in [-0.25, -0.2) is 13.1 Å². The van der Waals surface area contributed by atoms with Crippen LogP contribution in [0.15, 0.2) is 64.6 Å². The minimum Gasteiger partial charge on any atom is -0.278 e. The Morgan fingerprint density at radius 1 is 1.11 bits per heavy atom. The lowest BCUT2D eigenvalue weighted by Crippen LogP contribution is -2.15. The molecule has 12 heteroatoms. The first-order valence-corrected chi connectivity index (χ1v) is 9.86. The van der Waals surface area contributed by atoms with Crippen LogP contribution in [0.1, 0.15) is 0 Å². The molecule has 0 unspecified atom stereocenters. The normalized spacial score (nSPS) is 12.1. The second-order valence-electron chi connectivity index (χ2n) is 5.26. The maximum atomic E-state index is 12.7. The molecule has 0 aliphatic carbocycles. The summed E-state index contributed by atoms with van der Waals surface area (Å²) in [6.07, 6.45) is -3.06. The molecule has 1 aromatic heterocycles. The fourth-order valence-corrected chi connectivity index (χ4v) is 4.06. The van der Waals surface area contributed by atoms with E-state index < -0.39 is 22.0 Å². The number of para-hydroxylation sites is 1. The zero-order chi connectivity index (χ0) is 19.5. The van der Waals surface area contributed by atoms with Crippen LogP contribution in [-0.4, -0.2) is 40.6 Å². The van der Waals surface area contributed by atoms with Gasteiger partial charge in [0.1, 0.15) is 6.33 Å². The lowest BCUT2D eigenvalue weighted by molar-refractivity contribution is -0.105. The van der Waals surface area contributed by atoms with E-state index in [9.17, 15) is 21.6 Å². The third-order valence-corrected chi connectivity index (χ3v) is 5.77. The minimum atomic E-state index is -4.36. The first kappa shape index (κ1) is 19.2. The molecule has 0 aliphatic heterocycles. The summed E-state index contributed by atoms with van der Waals surface area (Å²) in [6, 6.07) is 11.7. The summed E-state index contributed by atoms with van der Waals surface area (Å²) >= 11 is 0.508. The molecule has 0 bridgehead atoms. The average molecular weight is 415 g/mol. The van der Waals surface area contributed by atoms with Gasteiger partial charge in [-0.05, 0) is 40.8 Å². The minimum absolute atomic E-state index is 0.0691. The number of nitrogens with one attached hydrogen (secondary N) is 1. The maximum Gasteiger partial charge on any atom is 0.398 e. The number of nitrogens with zero attached hydrogens (tertiary/aromatic N) is 4. The average Bonchev–Trinajstić information content (AvgIpc) is 3.15. The highest BCUT2D eigenvalue weighted by Crippen LogP contribution is 2.33. The van der Waals surface area contributed by atoms with Crippen LogP contribution in [0.25, 0.3) is 5.69 Å². The molecule has 2 aromatic carbocycles. The van der Waals surface area contributed by atoms with E-state index in [1.165, 1.54) is 53.5 Å². The van der Waals surface area contributed by atoms with Crippen molar-refractivity contribution in [2.45, 2.75) is 16.0 Å². The molecule has 0 saturated heterocycles. The lowest BCUT2D eigenvalue weighted by Gasteiger charge is -2.13. The molecule has 3 aromatic rings. The molecule has 0 aliphatic rings. The zero-order valence-corrected chi connectivity index (χ0v) is 15.1. The van der Waals surface area contributed by atoms with Gasteiger partial charge in [0.25, 0.3) is 10.0 Å². The van der Waals surface area contributed by atoms with Crippen molar-refractivity contribution in [1.82, 2.24) is 20.2 Å². The van der Waals surface area contributed by atoms with Crippen LogP contribution in [0.4, 0.5) is 18.9 Å². The number of aromatic nitrogens is 4. The highest BCUT2D eigenvalue weighted by molar-refractivity contribution is 7.99. The molecule has 0 atom stereocenters. The number of alkyl halides is 3. The molecule has 27 heavy (non-hydrogen) atoms. The summed E-state index contributed by atoms with van der Waals surface area (Å²) in [4.78, 5) is 0.0983. The number of tetrazole rings is 1. The van der Waals surface area contributed by atoms with Gasteiger partial charge in [0.15, 0.2) is 0 Å². The molecule has 0 amide bonds. The van der Waals surface area contributed by atoms with E-state index >= 15 is 0 Å². The van der Waals surface area contributed by atoms with Crippen LogP contribution >= 0.6 is 11.8 Å². The molecule has 0 spiro atoms. The van der Waals surface area contributed by atoms with E-state index in [1.54, 1.807) is 6.07 Å². The van der Waals surface area contributed by atoms with Crippen molar-refractivity contribution in [3.8, 4) is 5.69 Å². The van der Waals surface area contributed by atoms with Crippen LogP contribution in [0.5, 0.6) is 0 Å². The summed E-state index contributed by atoms with van der Waals surface area (Å²) in [7, 11) is -4.03. The van der Waals surface area contributed by atoms with Gasteiger partial charge in [-0.3, -0.25) is 4.72 Å². The molecular weight excluding hydrogens is 403 g/mol. The monoisotopic (exact) mass is 415 g/mol. The van der Waals surface area contributed by atoms with Gasteiger partial charge >= 0.3 is 6.18 Å². The Balaban J connectivity index is 1.86. The molecule has 0 saturated carbocycles. The third-order valence-electron chi connectivity index (χ3n) is 3.26. The first-order chi connectivity index (χ1) is 12.7. The number of thioether (sulfide) groups is 1. The molecule has 0 radical (unpaired) electrons.